The zero-order valence-electron chi connectivity index (χ0n) is 12.8. The van der Waals surface area contributed by atoms with Gasteiger partial charge in [-0.05, 0) is 12.6 Å². The number of carbonyl (C=O) groups excluding carboxylic acids is 4. The Bertz CT molecular complexity index is 493. The molecule has 0 aliphatic carbocycles. The molecule has 1 heterocycles. The van der Waals surface area contributed by atoms with Gasteiger partial charge in [0.1, 0.15) is 0 Å². The van der Waals surface area contributed by atoms with E-state index >= 15 is 0 Å². The number of amides is 4. The second-order valence-corrected chi connectivity index (χ2v) is 4.67. The van der Waals surface area contributed by atoms with Gasteiger partial charge in [-0.15, -0.1) is 0 Å². The lowest BCUT2D eigenvalue weighted by atomic mass is 10.4. The molecule has 1 aliphatic heterocycles. The van der Waals surface area contributed by atoms with Crippen LogP contribution in [-0.2, 0) is 19.2 Å². The topological polar surface area (TPSA) is 140 Å². The van der Waals surface area contributed by atoms with Crippen molar-refractivity contribution in [3.8, 4) is 0 Å². The average Bonchev–Trinajstić information content (AvgIpc) is 2.85. The molecular formula is C13H21N5O5. The van der Waals surface area contributed by atoms with Crippen LogP contribution in [0.3, 0.4) is 0 Å². The molecule has 1 unspecified atom stereocenters. The maximum atomic E-state index is 11.5. The van der Waals surface area contributed by atoms with Crippen LogP contribution in [0.4, 0.5) is 0 Å². The number of aliphatic hydroxyl groups is 1. The molecule has 0 aromatic heterocycles. The Morgan fingerprint density at radius 3 is 2.17 bits per heavy atom. The van der Waals surface area contributed by atoms with E-state index in [1.807, 2.05) is 6.92 Å². The molecule has 0 radical (unpaired) electrons. The van der Waals surface area contributed by atoms with Gasteiger partial charge < -0.3 is 26.4 Å². The molecule has 1 rings (SSSR count). The first-order valence-corrected chi connectivity index (χ1v) is 7.11. The molecule has 128 valence electrons. The molecule has 5 N–H and O–H groups in total. The van der Waals surface area contributed by atoms with Gasteiger partial charge in [-0.3, -0.25) is 24.1 Å². The van der Waals surface area contributed by atoms with Crippen LogP contribution in [0.1, 0.15) is 6.92 Å². The Morgan fingerprint density at radius 1 is 1.09 bits per heavy atom. The minimum absolute atomic E-state index is 0.116. The Labute approximate surface area is 133 Å². The van der Waals surface area contributed by atoms with Crippen LogP contribution in [-0.4, -0.2) is 72.7 Å². The number of rotatable bonds is 9. The van der Waals surface area contributed by atoms with E-state index in [2.05, 4.69) is 21.3 Å². The zero-order valence-corrected chi connectivity index (χ0v) is 12.8. The van der Waals surface area contributed by atoms with Gasteiger partial charge in [-0.1, -0.05) is 6.92 Å². The van der Waals surface area contributed by atoms with Crippen molar-refractivity contribution in [2.24, 2.45) is 0 Å². The van der Waals surface area contributed by atoms with E-state index in [0.717, 1.165) is 4.90 Å². The van der Waals surface area contributed by atoms with E-state index in [9.17, 15) is 24.3 Å². The molecule has 4 amide bonds. The number of likely N-dealkylation sites (N-methyl/N-ethyl adjacent to an activating group) is 1. The first-order valence-electron chi connectivity index (χ1n) is 7.11. The van der Waals surface area contributed by atoms with Crippen molar-refractivity contribution in [2.45, 2.75) is 13.2 Å². The van der Waals surface area contributed by atoms with Gasteiger partial charge in [0.05, 0.1) is 26.3 Å². The van der Waals surface area contributed by atoms with Gasteiger partial charge in [0.25, 0.3) is 0 Å². The van der Waals surface area contributed by atoms with Gasteiger partial charge in [-0.25, -0.2) is 0 Å². The molecule has 1 atom stereocenters. The number of nitrogens with zero attached hydrogens (tertiary/aromatic N) is 1. The van der Waals surface area contributed by atoms with Crippen LogP contribution in [0.2, 0.25) is 0 Å². The highest BCUT2D eigenvalue weighted by Gasteiger charge is 2.23. The third-order valence-electron chi connectivity index (χ3n) is 2.89. The second kappa shape index (κ2) is 9.54. The molecule has 0 fully saturated rings. The van der Waals surface area contributed by atoms with Gasteiger partial charge >= 0.3 is 0 Å². The van der Waals surface area contributed by atoms with Gasteiger partial charge in [0.2, 0.25) is 23.6 Å². The van der Waals surface area contributed by atoms with Gasteiger partial charge in [0.15, 0.2) is 6.23 Å². The van der Waals surface area contributed by atoms with Crippen molar-refractivity contribution in [3.05, 3.63) is 12.2 Å². The maximum absolute atomic E-state index is 11.5. The Balaban J connectivity index is 2.14. The van der Waals surface area contributed by atoms with Crippen LogP contribution < -0.4 is 21.3 Å². The highest BCUT2D eigenvalue weighted by molar-refractivity contribution is 5.91. The largest absolute Gasteiger partial charge is 0.370 e. The highest BCUT2D eigenvalue weighted by atomic mass is 16.3. The Kier molecular flexibility index (Phi) is 7.71. The molecule has 0 aromatic carbocycles. The van der Waals surface area contributed by atoms with E-state index in [1.165, 1.54) is 12.2 Å². The zero-order chi connectivity index (χ0) is 17.2. The smallest absolute Gasteiger partial charge is 0.250 e. The molecule has 10 nitrogen and oxygen atoms in total. The van der Waals surface area contributed by atoms with Crippen molar-refractivity contribution in [1.82, 2.24) is 26.2 Å². The van der Waals surface area contributed by atoms with Crippen LogP contribution in [0.25, 0.3) is 0 Å². The summed E-state index contributed by atoms with van der Waals surface area (Å²) in [5.41, 5.74) is 0. The van der Waals surface area contributed by atoms with E-state index in [4.69, 9.17) is 0 Å². The van der Waals surface area contributed by atoms with Crippen molar-refractivity contribution in [2.75, 3.05) is 32.8 Å². The van der Waals surface area contributed by atoms with E-state index in [1.54, 1.807) is 0 Å². The number of aliphatic hydroxyl groups excluding tert-OH is 1. The predicted octanol–water partition coefficient (Wildman–Crippen LogP) is -3.38. The lowest BCUT2D eigenvalue weighted by Crippen LogP contribution is -2.47. The second-order valence-electron chi connectivity index (χ2n) is 4.67. The third-order valence-corrected chi connectivity index (χ3v) is 2.89. The first kappa shape index (κ1) is 18.6. The molecule has 0 saturated carbocycles. The van der Waals surface area contributed by atoms with Gasteiger partial charge in [0, 0.05) is 6.08 Å². The van der Waals surface area contributed by atoms with Crippen molar-refractivity contribution in [3.63, 3.8) is 0 Å². The fourth-order valence-electron chi connectivity index (χ4n) is 1.63. The van der Waals surface area contributed by atoms with E-state index in [-0.39, 0.29) is 32.2 Å². The summed E-state index contributed by atoms with van der Waals surface area (Å²) in [7, 11) is 0. The summed E-state index contributed by atoms with van der Waals surface area (Å²) in [6.07, 6.45) is 1.44. The molecule has 23 heavy (non-hydrogen) atoms. The molecule has 0 bridgehead atoms. The summed E-state index contributed by atoms with van der Waals surface area (Å²) in [5, 5.41) is 19.3. The predicted molar refractivity (Wildman–Crippen MR) is 79.6 cm³/mol. The van der Waals surface area contributed by atoms with Gasteiger partial charge in [-0.2, -0.15) is 0 Å². The number of hydrogen-bond donors (Lipinski definition) is 5. The minimum atomic E-state index is -1.07. The van der Waals surface area contributed by atoms with Crippen LogP contribution >= 0.6 is 0 Å². The van der Waals surface area contributed by atoms with Crippen LogP contribution in [0.5, 0.6) is 0 Å². The third kappa shape index (κ3) is 6.89. The maximum Gasteiger partial charge on any atom is 0.250 e. The van der Waals surface area contributed by atoms with E-state index < -0.39 is 23.9 Å². The fourth-order valence-corrected chi connectivity index (χ4v) is 1.63. The van der Waals surface area contributed by atoms with Crippen molar-refractivity contribution >= 4 is 23.6 Å². The molecule has 0 spiro atoms. The normalized spacial score (nSPS) is 16.3. The molecule has 10 heteroatoms. The molecule has 1 aliphatic rings. The standard InChI is InChI=1S/C13H21N5O5/c1-2-14-5-9(19)15-6-10(20)16-7-11(21)17-8-18-12(22)3-4-13(18)23/h3-4,12,14,22H,2,5-8H2,1H3,(H,15,19)(H,16,20)(H,17,21). The lowest BCUT2D eigenvalue weighted by molar-refractivity contribution is -0.133. The summed E-state index contributed by atoms with van der Waals surface area (Å²) < 4.78 is 0. The molecular weight excluding hydrogens is 306 g/mol. The molecule has 0 saturated heterocycles. The SMILES string of the molecule is CCNCC(=O)NCC(=O)NCC(=O)NCN1C(=O)C=CC1O. The summed E-state index contributed by atoms with van der Waals surface area (Å²) in [5.74, 6) is -1.76. The minimum Gasteiger partial charge on any atom is -0.370 e. The summed E-state index contributed by atoms with van der Waals surface area (Å²) in [4.78, 5) is 46.6. The number of carbonyl (C=O) groups is 4. The van der Waals surface area contributed by atoms with Crippen LogP contribution in [0.15, 0.2) is 12.2 Å². The van der Waals surface area contributed by atoms with Crippen LogP contribution in [0, 0.1) is 0 Å². The molecule has 0 aromatic rings. The fraction of sp³-hybridized carbons (Fsp3) is 0.538. The Morgan fingerprint density at radius 2 is 1.65 bits per heavy atom. The van der Waals surface area contributed by atoms with Crippen molar-refractivity contribution in [1.29, 1.82) is 0 Å². The summed E-state index contributed by atoms with van der Waals surface area (Å²) in [6.45, 7) is 1.91. The number of hydrogen-bond acceptors (Lipinski definition) is 6. The van der Waals surface area contributed by atoms with Crippen molar-refractivity contribution < 1.29 is 24.3 Å². The lowest BCUT2D eigenvalue weighted by Gasteiger charge is -2.20. The average molecular weight is 327 g/mol. The quantitative estimate of drug-likeness (QED) is 0.299. The highest BCUT2D eigenvalue weighted by Crippen LogP contribution is 2.05. The first-order chi connectivity index (χ1) is 10.9. The summed E-state index contributed by atoms with van der Waals surface area (Å²) in [6, 6.07) is 0. The van der Waals surface area contributed by atoms with E-state index in [0.29, 0.717) is 6.54 Å². The number of nitrogens with one attached hydrogen (secondary N) is 4. The Hall–Kier alpha value is -2.46. The summed E-state index contributed by atoms with van der Waals surface area (Å²) >= 11 is 0. The monoisotopic (exact) mass is 327 g/mol.